The first-order chi connectivity index (χ1) is 10.8. The van der Waals surface area contributed by atoms with Crippen molar-refractivity contribution in [2.75, 3.05) is 11.9 Å². The van der Waals surface area contributed by atoms with Crippen molar-refractivity contribution in [3.63, 3.8) is 0 Å². The monoisotopic (exact) mass is 293 g/mol. The number of pyridine rings is 1. The Bertz CT molecular complexity index is 653. The molecule has 4 rings (SSSR count). The summed E-state index contributed by atoms with van der Waals surface area (Å²) in [7, 11) is 0. The highest BCUT2D eigenvalue weighted by molar-refractivity contribution is 5.56. The number of fused-ring (bicyclic) bond motifs is 3. The van der Waals surface area contributed by atoms with Gasteiger partial charge >= 0.3 is 0 Å². The summed E-state index contributed by atoms with van der Waals surface area (Å²) in [5.41, 5.74) is 2.84. The molecule has 0 aliphatic carbocycles. The number of benzene rings is 1. The topological polar surface area (TPSA) is 28.2 Å². The van der Waals surface area contributed by atoms with Crippen molar-refractivity contribution < 1.29 is 0 Å². The van der Waals surface area contributed by atoms with E-state index in [2.05, 4.69) is 71.5 Å². The minimum Gasteiger partial charge on any atom is -0.354 e. The van der Waals surface area contributed by atoms with Gasteiger partial charge in [-0.3, -0.25) is 4.90 Å². The Labute approximate surface area is 132 Å². The van der Waals surface area contributed by atoms with Crippen molar-refractivity contribution >= 4 is 5.82 Å². The molecular formula is C19H23N3. The van der Waals surface area contributed by atoms with Gasteiger partial charge in [0.25, 0.3) is 0 Å². The summed E-state index contributed by atoms with van der Waals surface area (Å²) in [6, 6.07) is 15.9. The minimum absolute atomic E-state index is 0.380. The van der Waals surface area contributed by atoms with Crippen molar-refractivity contribution in [3.05, 3.63) is 59.8 Å². The molecule has 2 aromatic rings. The highest BCUT2D eigenvalue weighted by Crippen LogP contribution is 2.53. The number of aromatic nitrogens is 1. The lowest BCUT2D eigenvalue weighted by atomic mass is 9.80. The van der Waals surface area contributed by atoms with Crippen LogP contribution in [0.25, 0.3) is 0 Å². The Morgan fingerprint density at radius 3 is 2.59 bits per heavy atom. The van der Waals surface area contributed by atoms with Crippen LogP contribution < -0.4 is 5.32 Å². The summed E-state index contributed by atoms with van der Waals surface area (Å²) >= 11 is 0. The van der Waals surface area contributed by atoms with E-state index in [1.54, 1.807) is 0 Å². The number of likely N-dealkylation sites (tertiary alicyclic amines) is 1. The van der Waals surface area contributed by atoms with E-state index in [0.29, 0.717) is 24.0 Å². The molecule has 1 fully saturated rings. The van der Waals surface area contributed by atoms with E-state index in [-0.39, 0.29) is 0 Å². The highest BCUT2D eigenvalue weighted by Gasteiger charge is 2.52. The van der Waals surface area contributed by atoms with Crippen LogP contribution >= 0.6 is 0 Å². The van der Waals surface area contributed by atoms with Gasteiger partial charge in [-0.25, -0.2) is 4.98 Å². The van der Waals surface area contributed by atoms with Crippen LogP contribution in [0, 0.1) is 0 Å². The molecular weight excluding hydrogens is 270 g/mol. The zero-order chi connectivity index (χ0) is 15.1. The second-order valence-electron chi connectivity index (χ2n) is 6.30. The Kier molecular flexibility index (Phi) is 3.38. The number of rotatable bonds is 3. The highest BCUT2D eigenvalue weighted by atomic mass is 15.3. The number of hydrogen-bond acceptors (Lipinski definition) is 3. The van der Waals surface area contributed by atoms with E-state index in [4.69, 9.17) is 0 Å². The maximum atomic E-state index is 4.55. The van der Waals surface area contributed by atoms with Gasteiger partial charge in [-0.15, -0.1) is 0 Å². The van der Waals surface area contributed by atoms with Crippen LogP contribution in [0.5, 0.6) is 0 Å². The molecule has 1 N–H and O–H groups in total. The molecule has 1 aromatic carbocycles. The lowest BCUT2D eigenvalue weighted by molar-refractivity contribution is 0.208. The van der Waals surface area contributed by atoms with Crippen molar-refractivity contribution in [1.82, 2.24) is 9.88 Å². The molecule has 4 unspecified atom stereocenters. The summed E-state index contributed by atoms with van der Waals surface area (Å²) in [4.78, 5) is 7.18. The molecule has 2 aliphatic heterocycles. The third-order valence-corrected chi connectivity index (χ3v) is 5.38. The number of nitrogens with one attached hydrogen (secondary N) is 1. The van der Waals surface area contributed by atoms with Crippen LogP contribution in [0.3, 0.4) is 0 Å². The lowest BCUT2D eigenvalue weighted by Crippen LogP contribution is -2.40. The van der Waals surface area contributed by atoms with E-state index in [1.807, 2.05) is 6.20 Å². The maximum Gasteiger partial charge on any atom is 0.130 e. The van der Waals surface area contributed by atoms with Gasteiger partial charge in [0.05, 0.1) is 6.17 Å². The van der Waals surface area contributed by atoms with E-state index in [0.717, 1.165) is 12.4 Å². The molecule has 0 amide bonds. The average molecular weight is 293 g/mol. The second-order valence-corrected chi connectivity index (χ2v) is 6.30. The van der Waals surface area contributed by atoms with Crippen LogP contribution in [0.15, 0.2) is 48.7 Å². The molecule has 4 atom stereocenters. The van der Waals surface area contributed by atoms with E-state index < -0.39 is 0 Å². The second kappa shape index (κ2) is 5.40. The van der Waals surface area contributed by atoms with Crippen molar-refractivity contribution in [2.24, 2.45) is 0 Å². The van der Waals surface area contributed by atoms with Gasteiger partial charge in [0, 0.05) is 29.6 Å². The SMILES string of the molecule is CCC1C(c2ccccc2)C2c3cccnc3NC2N1CC. The first-order valence-corrected chi connectivity index (χ1v) is 8.37. The molecule has 0 bridgehead atoms. The molecule has 22 heavy (non-hydrogen) atoms. The van der Waals surface area contributed by atoms with Gasteiger partial charge in [0.1, 0.15) is 5.82 Å². The molecule has 0 radical (unpaired) electrons. The number of nitrogens with zero attached hydrogens (tertiary/aromatic N) is 2. The van der Waals surface area contributed by atoms with Crippen LogP contribution in [0.4, 0.5) is 5.82 Å². The largest absolute Gasteiger partial charge is 0.354 e. The van der Waals surface area contributed by atoms with Crippen molar-refractivity contribution in [3.8, 4) is 0 Å². The molecule has 0 spiro atoms. The van der Waals surface area contributed by atoms with E-state index in [1.165, 1.54) is 17.5 Å². The van der Waals surface area contributed by atoms with Crippen molar-refractivity contribution in [2.45, 2.75) is 44.3 Å². The van der Waals surface area contributed by atoms with Crippen LogP contribution in [0.1, 0.15) is 43.2 Å². The maximum absolute atomic E-state index is 4.55. The van der Waals surface area contributed by atoms with Crippen molar-refractivity contribution in [1.29, 1.82) is 0 Å². The summed E-state index contributed by atoms with van der Waals surface area (Å²) in [5, 5.41) is 3.68. The Morgan fingerprint density at radius 2 is 1.86 bits per heavy atom. The molecule has 1 saturated heterocycles. The van der Waals surface area contributed by atoms with Crippen LogP contribution in [-0.2, 0) is 0 Å². The van der Waals surface area contributed by atoms with Gasteiger partial charge in [0.2, 0.25) is 0 Å². The molecule has 0 saturated carbocycles. The normalized spacial score (nSPS) is 29.9. The number of anilines is 1. The first-order valence-electron chi connectivity index (χ1n) is 8.37. The first kappa shape index (κ1) is 13.8. The van der Waals surface area contributed by atoms with E-state index >= 15 is 0 Å². The Hall–Kier alpha value is -1.87. The fourth-order valence-electron chi connectivity index (χ4n) is 4.56. The quantitative estimate of drug-likeness (QED) is 0.932. The third-order valence-electron chi connectivity index (χ3n) is 5.38. The third kappa shape index (κ3) is 1.88. The molecule has 3 heterocycles. The van der Waals surface area contributed by atoms with Gasteiger partial charge in [-0.05, 0) is 24.6 Å². The average Bonchev–Trinajstić information content (AvgIpc) is 3.08. The smallest absolute Gasteiger partial charge is 0.130 e. The summed E-state index contributed by atoms with van der Waals surface area (Å²) in [6.45, 7) is 5.66. The molecule has 2 aliphatic rings. The van der Waals surface area contributed by atoms with Gasteiger partial charge in [0.15, 0.2) is 0 Å². The van der Waals surface area contributed by atoms with Crippen LogP contribution in [-0.4, -0.2) is 28.6 Å². The zero-order valence-corrected chi connectivity index (χ0v) is 13.2. The predicted molar refractivity (Wildman–Crippen MR) is 90.0 cm³/mol. The fourth-order valence-corrected chi connectivity index (χ4v) is 4.56. The summed E-state index contributed by atoms with van der Waals surface area (Å²) < 4.78 is 0. The zero-order valence-electron chi connectivity index (χ0n) is 13.2. The summed E-state index contributed by atoms with van der Waals surface area (Å²) in [5.74, 6) is 2.11. The molecule has 3 nitrogen and oxygen atoms in total. The number of likely N-dealkylation sites (N-methyl/N-ethyl adjacent to an activating group) is 1. The van der Waals surface area contributed by atoms with Gasteiger partial charge < -0.3 is 5.32 Å². The number of hydrogen-bond donors (Lipinski definition) is 1. The van der Waals surface area contributed by atoms with Gasteiger partial charge in [-0.2, -0.15) is 0 Å². The lowest BCUT2D eigenvalue weighted by Gasteiger charge is -2.30. The predicted octanol–water partition coefficient (Wildman–Crippen LogP) is 3.81. The Morgan fingerprint density at radius 1 is 1.05 bits per heavy atom. The van der Waals surface area contributed by atoms with Gasteiger partial charge in [-0.1, -0.05) is 50.2 Å². The standard InChI is InChI=1S/C19H23N3/c1-3-15-16(13-9-6-5-7-10-13)17-14-11-8-12-20-18(14)21-19(17)22(15)4-2/h5-12,15-17,19H,3-4H2,1-2H3,(H,20,21). The minimum atomic E-state index is 0.380. The van der Waals surface area contributed by atoms with Crippen LogP contribution in [0.2, 0.25) is 0 Å². The fraction of sp³-hybridized carbons (Fsp3) is 0.421. The summed E-state index contributed by atoms with van der Waals surface area (Å²) in [6.07, 6.45) is 3.44. The molecule has 1 aromatic heterocycles. The van der Waals surface area contributed by atoms with E-state index in [9.17, 15) is 0 Å². The Balaban J connectivity index is 1.84. The molecule has 3 heteroatoms. The molecule has 114 valence electrons.